The third kappa shape index (κ3) is 9.34. The number of pyridine rings is 1. The Bertz CT molecular complexity index is 1630. The molecule has 1 aromatic carbocycles. The van der Waals surface area contributed by atoms with Gasteiger partial charge in [0.25, 0.3) is 5.91 Å². The highest BCUT2D eigenvalue weighted by atomic mass is 19.4. The van der Waals surface area contributed by atoms with E-state index in [9.17, 15) is 41.8 Å². The molecule has 0 aliphatic carbocycles. The molecule has 4 rings (SSSR count). The molecule has 0 bridgehead atoms. The molecule has 0 spiro atoms. The zero-order chi connectivity index (χ0) is 37.1. The molecular formula is C34H42F4N6O6. The van der Waals surface area contributed by atoms with Crippen molar-refractivity contribution in [3.8, 4) is 0 Å². The summed E-state index contributed by atoms with van der Waals surface area (Å²) >= 11 is 0. The number of aromatic nitrogens is 1. The normalized spacial score (nSPS) is 18.7. The number of nitrogens with zero attached hydrogens (tertiary/aromatic N) is 4. The van der Waals surface area contributed by atoms with Gasteiger partial charge in [0.1, 0.15) is 35.0 Å². The Morgan fingerprint density at radius 3 is 2.42 bits per heavy atom. The van der Waals surface area contributed by atoms with Crippen LogP contribution >= 0.6 is 0 Å². The summed E-state index contributed by atoms with van der Waals surface area (Å²) in [5.41, 5.74) is -2.92. The SMILES string of the molecule is CC(C)(C)OC(=O)NC(C)(C)C(=O)NC(CCc1ccc(CO)c(F)c1)C(=O)N1CCC2=NN(CC(F)(F)F)C(=O)[C@]2(Cc2ccccn2)C1. The molecular weight excluding hydrogens is 664 g/mol. The number of rotatable bonds is 11. The molecule has 50 heavy (non-hydrogen) atoms. The summed E-state index contributed by atoms with van der Waals surface area (Å²) in [6.45, 7) is 5.31. The molecule has 0 radical (unpaired) electrons. The van der Waals surface area contributed by atoms with Crippen molar-refractivity contribution in [1.29, 1.82) is 0 Å². The summed E-state index contributed by atoms with van der Waals surface area (Å²) in [6.07, 6.45) is -4.21. The van der Waals surface area contributed by atoms with Gasteiger partial charge in [-0.05, 0) is 71.2 Å². The second-order valence-electron chi connectivity index (χ2n) is 14.0. The maximum atomic E-state index is 14.5. The molecule has 2 aliphatic heterocycles. The van der Waals surface area contributed by atoms with Crippen molar-refractivity contribution in [2.45, 2.75) is 90.3 Å². The Balaban J connectivity index is 1.63. The van der Waals surface area contributed by atoms with Crippen molar-refractivity contribution >= 4 is 29.5 Å². The molecule has 12 nitrogen and oxygen atoms in total. The number of hydrogen-bond acceptors (Lipinski definition) is 8. The monoisotopic (exact) mass is 706 g/mol. The van der Waals surface area contributed by atoms with Crippen molar-refractivity contribution < 1.29 is 46.6 Å². The summed E-state index contributed by atoms with van der Waals surface area (Å²) in [5.74, 6) is -2.96. The average Bonchev–Trinajstić information content (AvgIpc) is 3.26. The molecule has 2 atom stereocenters. The number of alkyl halides is 3. The van der Waals surface area contributed by atoms with Crippen LogP contribution in [-0.2, 0) is 38.6 Å². The van der Waals surface area contributed by atoms with Crippen LogP contribution in [0.15, 0.2) is 47.7 Å². The maximum absolute atomic E-state index is 14.5. The standard InChI is InChI=1S/C34H42F4N6O6/c1-31(2,3)50-30(49)41-32(4,5)28(47)40-25(12-10-21-9-11-22(18-45)24(35)16-21)27(46)43-15-13-26-33(19-43,17-23-8-6-7-14-39-23)29(48)44(42-26)20-34(36,37)38/h6-9,11,14,16,25,45H,10,12-13,15,17-20H2,1-5H3,(H,40,47)(H,41,49)/t25?,33-/m1/s1. The fourth-order valence-electron chi connectivity index (χ4n) is 5.88. The van der Waals surface area contributed by atoms with Crippen molar-refractivity contribution in [3.05, 3.63) is 65.2 Å². The van der Waals surface area contributed by atoms with Gasteiger partial charge in [-0.3, -0.25) is 19.4 Å². The smallest absolute Gasteiger partial charge is 0.408 e. The second-order valence-corrected chi connectivity index (χ2v) is 14.0. The summed E-state index contributed by atoms with van der Waals surface area (Å²) in [4.78, 5) is 59.7. The number of halogens is 4. The van der Waals surface area contributed by atoms with E-state index in [1.54, 1.807) is 45.0 Å². The van der Waals surface area contributed by atoms with Crippen molar-refractivity contribution in [3.63, 3.8) is 0 Å². The minimum absolute atomic E-state index is 0.0134. The largest absolute Gasteiger partial charge is 0.444 e. The fourth-order valence-corrected chi connectivity index (χ4v) is 5.88. The van der Waals surface area contributed by atoms with Crippen LogP contribution in [0.1, 0.15) is 64.3 Å². The van der Waals surface area contributed by atoms with E-state index in [-0.39, 0.29) is 50.0 Å². The molecule has 1 aromatic heterocycles. The Kier molecular flexibility index (Phi) is 11.2. The van der Waals surface area contributed by atoms with Crippen LogP contribution in [0.25, 0.3) is 0 Å². The molecule has 16 heteroatoms. The third-order valence-corrected chi connectivity index (χ3v) is 8.36. The zero-order valence-electron chi connectivity index (χ0n) is 28.6. The predicted octanol–water partition coefficient (Wildman–Crippen LogP) is 3.66. The second kappa shape index (κ2) is 14.7. The Morgan fingerprint density at radius 2 is 1.82 bits per heavy atom. The number of hydrogen-bond donors (Lipinski definition) is 3. The van der Waals surface area contributed by atoms with Crippen molar-refractivity contribution in [2.75, 3.05) is 19.6 Å². The number of nitrogens with one attached hydrogen (secondary N) is 2. The zero-order valence-corrected chi connectivity index (χ0v) is 28.6. The van der Waals surface area contributed by atoms with E-state index in [1.807, 2.05) is 0 Å². The van der Waals surface area contributed by atoms with E-state index in [4.69, 9.17) is 4.74 Å². The van der Waals surface area contributed by atoms with Gasteiger partial charge in [0, 0.05) is 43.4 Å². The lowest BCUT2D eigenvalue weighted by Gasteiger charge is -2.41. The van der Waals surface area contributed by atoms with Crippen LogP contribution < -0.4 is 10.6 Å². The van der Waals surface area contributed by atoms with Gasteiger partial charge in [-0.2, -0.15) is 18.3 Å². The van der Waals surface area contributed by atoms with Gasteiger partial charge in [0.05, 0.1) is 12.3 Å². The van der Waals surface area contributed by atoms with Crippen LogP contribution in [0.4, 0.5) is 22.4 Å². The lowest BCUT2D eigenvalue weighted by Crippen LogP contribution is -2.62. The minimum Gasteiger partial charge on any atom is -0.444 e. The number of hydrazone groups is 1. The number of carbonyl (C=O) groups excluding carboxylic acids is 4. The maximum Gasteiger partial charge on any atom is 0.408 e. The van der Waals surface area contributed by atoms with Crippen LogP contribution in [0, 0.1) is 11.2 Å². The molecule has 272 valence electrons. The van der Waals surface area contributed by atoms with E-state index in [0.29, 0.717) is 16.3 Å². The number of piperidine rings is 1. The summed E-state index contributed by atoms with van der Waals surface area (Å²) < 4.78 is 60.1. The van der Waals surface area contributed by atoms with Gasteiger partial charge >= 0.3 is 12.3 Å². The van der Waals surface area contributed by atoms with Gasteiger partial charge in [0.15, 0.2) is 0 Å². The van der Waals surface area contributed by atoms with Crippen molar-refractivity contribution in [1.82, 2.24) is 25.5 Å². The van der Waals surface area contributed by atoms with E-state index in [2.05, 4.69) is 20.7 Å². The Morgan fingerprint density at radius 1 is 1.10 bits per heavy atom. The first kappa shape index (κ1) is 38.2. The number of benzene rings is 1. The number of carbonyl (C=O) groups is 4. The topological polar surface area (TPSA) is 154 Å². The van der Waals surface area contributed by atoms with Gasteiger partial charge in [-0.15, -0.1) is 0 Å². The minimum atomic E-state index is -4.72. The number of alkyl carbamates (subject to hydrolysis) is 1. The first-order chi connectivity index (χ1) is 23.2. The number of ether oxygens (including phenoxy) is 1. The van der Waals surface area contributed by atoms with Crippen LogP contribution in [-0.4, -0.2) is 92.5 Å². The van der Waals surface area contributed by atoms with E-state index >= 15 is 0 Å². The fraction of sp³-hybridized carbons (Fsp3) is 0.529. The highest BCUT2D eigenvalue weighted by molar-refractivity contribution is 6.14. The van der Waals surface area contributed by atoms with Crippen LogP contribution in [0.3, 0.4) is 0 Å². The van der Waals surface area contributed by atoms with Gasteiger partial charge < -0.3 is 25.4 Å². The molecule has 1 unspecified atom stereocenters. The molecule has 4 amide bonds. The van der Waals surface area contributed by atoms with Gasteiger partial charge in [-0.1, -0.05) is 18.2 Å². The lowest BCUT2D eigenvalue weighted by molar-refractivity contribution is -0.164. The Hall–Kier alpha value is -4.60. The average molecular weight is 707 g/mol. The first-order valence-electron chi connectivity index (χ1n) is 16.1. The first-order valence-corrected chi connectivity index (χ1v) is 16.1. The number of fused-ring (bicyclic) bond motifs is 1. The van der Waals surface area contributed by atoms with E-state index in [1.165, 1.54) is 37.1 Å². The molecule has 3 heterocycles. The Labute approximate surface area is 287 Å². The molecule has 3 N–H and O–H groups in total. The van der Waals surface area contributed by atoms with Crippen molar-refractivity contribution in [2.24, 2.45) is 10.5 Å². The number of aliphatic hydroxyl groups excluding tert-OH is 1. The highest BCUT2D eigenvalue weighted by Gasteiger charge is 2.56. The van der Waals surface area contributed by atoms with Crippen LogP contribution in [0.5, 0.6) is 0 Å². The van der Waals surface area contributed by atoms with E-state index in [0.717, 1.165) is 0 Å². The number of aliphatic hydroxyl groups is 1. The number of aryl methyl sites for hydroxylation is 1. The highest BCUT2D eigenvalue weighted by Crippen LogP contribution is 2.39. The van der Waals surface area contributed by atoms with Gasteiger partial charge in [-0.25, -0.2) is 14.2 Å². The molecule has 1 fully saturated rings. The number of likely N-dealkylation sites (tertiary alicyclic amines) is 1. The number of amides is 4. The molecule has 0 saturated carbocycles. The third-order valence-electron chi connectivity index (χ3n) is 8.36. The quantitative estimate of drug-likeness (QED) is 0.302. The molecule has 2 aromatic rings. The van der Waals surface area contributed by atoms with Gasteiger partial charge in [0.2, 0.25) is 11.8 Å². The summed E-state index contributed by atoms with van der Waals surface area (Å²) in [6, 6.07) is 7.86. The summed E-state index contributed by atoms with van der Waals surface area (Å²) in [7, 11) is 0. The lowest BCUT2D eigenvalue weighted by atomic mass is 9.74. The molecule has 1 saturated heterocycles. The van der Waals surface area contributed by atoms with E-state index < -0.39 is 71.6 Å². The van der Waals surface area contributed by atoms with Crippen LogP contribution in [0.2, 0.25) is 0 Å². The molecule has 2 aliphatic rings. The predicted molar refractivity (Wildman–Crippen MR) is 173 cm³/mol. The summed E-state index contributed by atoms with van der Waals surface area (Å²) in [5, 5.41) is 19.0.